The summed E-state index contributed by atoms with van der Waals surface area (Å²) in [6.45, 7) is 4.05. The molecular weight excluding hydrogens is 248 g/mol. The van der Waals surface area contributed by atoms with Crippen molar-refractivity contribution in [1.82, 2.24) is 20.0 Å². The summed E-state index contributed by atoms with van der Waals surface area (Å²) in [5.41, 5.74) is 3.84. The van der Waals surface area contributed by atoms with Crippen molar-refractivity contribution in [3.63, 3.8) is 0 Å². The number of H-pyrrole nitrogens is 1. The standard InChI is InChI=1S/C16H24N4/c1-13(19(2)3)15-7-5-14(6-8-15)11-20(4)12-16-9-10-17-18-16/h5-10,13H,11-12H2,1-4H3,(H,17,18). The summed E-state index contributed by atoms with van der Waals surface area (Å²) >= 11 is 0. The highest BCUT2D eigenvalue weighted by Gasteiger charge is 2.08. The predicted octanol–water partition coefficient (Wildman–Crippen LogP) is 2.66. The monoisotopic (exact) mass is 272 g/mol. The Morgan fingerprint density at radius 1 is 1.05 bits per heavy atom. The molecule has 0 amide bonds. The lowest BCUT2D eigenvalue weighted by Gasteiger charge is -2.21. The molecule has 1 heterocycles. The third-order valence-corrected chi connectivity index (χ3v) is 3.69. The van der Waals surface area contributed by atoms with Crippen LogP contribution < -0.4 is 0 Å². The van der Waals surface area contributed by atoms with Crippen molar-refractivity contribution in [2.45, 2.75) is 26.1 Å². The maximum absolute atomic E-state index is 3.97. The molecule has 2 rings (SSSR count). The van der Waals surface area contributed by atoms with Gasteiger partial charge in [0.2, 0.25) is 0 Å². The van der Waals surface area contributed by atoms with Crippen LogP contribution in [-0.2, 0) is 13.1 Å². The minimum atomic E-state index is 0.451. The van der Waals surface area contributed by atoms with Crippen molar-refractivity contribution >= 4 is 0 Å². The molecule has 4 heteroatoms. The van der Waals surface area contributed by atoms with E-state index in [4.69, 9.17) is 0 Å². The van der Waals surface area contributed by atoms with E-state index in [9.17, 15) is 0 Å². The zero-order valence-corrected chi connectivity index (χ0v) is 12.8. The van der Waals surface area contributed by atoms with E-state index in [1.165, 1.54) is 11.1 Å². The largest absolute Gasteiger partial charge is 0.303 e. The molecule has 1 N–H and O–H groups in total. The van der Waals surface area contributed by atoms with E-state index in [0.717, 1.165) is 18.8 Å². The van der Waals surface area contributed by atoms with Gasteiger partial charge in [0.1, 0.15) is 0 Å². The van der Waals surface area contributed by atoms with E-state index in [1.54, 1.807) is 6.20 Å². The third-order valence-electron chi connectivity index (χ3n) is 3.69. The molecule has 0 aliphatic carbocycles. The first-order valence-corrected chi connectivity index (χ1v) is 6.98. The lowest BCUT2D eigenvalue weighted by Crippen LogP contribution is -2.18. The van der Waals surface area contributed by atoms with Gasteiger partial charge in [-0.3, -0.25) is 10.00 Å². The quantitative estimate of drug-likeness (QED) is 0.878. The summed E-state index contributed by atoms with van der Waals surface area (Å²) in [5, 5.41) is 6.97. The van der Waals surface area contributed by atoms with Gasteiger partial charge in [0, 0.05) is 31.0 Å². The van der Waals surface area contributed by atoms with E-state index in [0.29, 0.717) is 6.04 Å². The van der Waals surface area contributed by atoms with Crippen LogP contribution in [-0.4, -0.2) is 41.1 Å². The number of aromatic amines is 1. The molecule has 0 radical (unpaired) electrons. The number of hydrogen-bond acceptors (Lipinski definition) is 3. The lowest BCUT2D eigenvalue weighted by atomic mass is 10.1. The molecule has 1 atom stereocenters. The van der Waals surface area contributed by atoms with Crippen LogP contribution >= 0.6 is 0 Å². The summed E-state index contributed by atoms with van der Waals surface area (Å²) in [6, 6.07) is 11.4. The van der Waals surface area contributed by atoms with E-state index in [-0.39, 0.29) is 0 Å². The number of benzene rings is 1. The number of rotatable bonds is 6. The fourth-order valence-electron chi connectivity index (χ4n) is 2.23. The van der Waals surface area contributed by atoms with Crippen LogP contribution in [0.25, 0.3) is 0 Å². The Morgan fingerprint density at radius 2 is 1.75 bits per heavy atom. The van der Waals surface area contributed by atoms with Crippen molar-refractivity contribution in [2.75, 3.05) is 21.1 Å². The van der Waals surface area contributed by atoms with Crippen molar-refractivity contribution in [3.05, 3.63) is 53.3 Å². The van der Waals surface area contributed by atoms with Crippen LogP contribution in [0.15, 0.2) is 36.5 Å². The van der Waals surface area contributed by atoms with Gasteiger partial charge >= 0.3 is 0 Å². The van der Waals surface area contributed by atoms with Gasteiger partial charge in [-0.25, -0.2) is 0 Å². The Morgan fingerprint density at radius 3 is 2.30 bits per heavy atom. The lowest BCUT2D eigenvalue weighted by molar-refractivity contribution is 0.313. The Bertz CT molecular complexity index is 502. The molecule has 0 bridgehead atoms. The summed E-state index contributed by atoms with van der Waals surface area (Å²) in [5.74, 6) is 0. The van der Waals surface area contributed by atoms with Crippen molar-refractivity contribution < 1.29 is 0 Å². The molecule has 0 saturated carbocycles. The van der Waals surface area contributed by atoms with Gasteiger partial charge in [0.15, 0.2) is 0 Å². The SMILES string of the molecule is CC(c1ccc(CN(C)Cc2ccn[nH]2)cc1)N(C)C. The predicted molar refractivity (Wildman–Crippen MR) is 82.3 cm³/mol. The maximum Gasteiger partial charge on any atom is 0.0492 e. The minimum absolute atomic E-state index is 0.451. The number of hydrogen-bond donors (Lipinski definition) is 1. The van der Waals surface area contributed by atoms with Crippen molar-refractivity contribution in [3.8, 4) is 0 Å². The van der Waals surface area contributed by atoms with Gasteiger partial charge in [-0.1, -0.05) is 24.3 Å². The summed E-state index contributed by atoms with van der Waals surface area (Å²) in [4.78, 5) is 4.50. The Kier molecular flexibility index (Phi) is 4.93. The van der Waals surface area contributed by atoms with Crippen LogP contribution in [0.3, 0.4) is 0 Å². The molecule has 0 aliphatic rings. The van der Waals surface area contributed by atoms with Gasteiger partial charge < -0.3 is 4.90 Å². The zero-order chi connectivity index (χ0) is 14.5. The fourth-order valence-corrected chi connectivity index (χ4v) is 2.23. The average molecular weight is 272 g/mol. The first kappa shape index (κ1) is 14.8. The first-order valence-electron chi connectivity index (χ1n) is 6.98. The van der Waals surface area contributed by atoms with E-state index < -0.39 is 0 Å². The molecule has 1 aromatic heterocycles. The highest BCUT2D eigenvalue weighted by molar-refractivity contribution is 5.24. The highest BCUT2D eigenvalue weighted by atomic mass is 15.2. The Labute approximate surface area is 121 Å². The molecule has 0 fully saturated rings. The molecule has 20 heavy (non-hydrogen) atoms. The normalized spacial score (nSPS) is 13.1. The molecule has 0 aliphatic heterocycles. The third kappa shape index (κ3) is 3.92. The second-order valence-corrected chi connectivity index (χ2v) is 5.64. The molecule has 0 saturated heterocycles. The molecule has 1 unspecified atom stereocenters. The topological polar surface area (TPSA) is 35.2 Å². The summed E-state index contributed by atoms with van der Waals surface area (Å²) in [6.07, 6.45) is 1.79. The van der Waals surface area contributed by atoms with Crippen LogP contribution in [0.1, 0.15) is 29.8 Å². The Hall–Kier alpha value is -1.65. The molecule has 4 nitrogen and oxygen atoms in total. The van der Waals surface area contributed by atoms with Gasteiger partial charge in [0.05, 0.1) is 0 Å². The second-order valence-electron chi connectivity index (χ2n) is 5.64. The smallest absolute Gasteiger partial charge is 0.0492 e. The summed E-state index contributed by atoms with van der Waals surface area (Å²) < 4.78 is 0. The van der Waals surface area contributed by atoms with Gasteiger partial charge in [-0.15, -0.1) is 0 Å². The van der Waals surface area contributed by atoms with Gasteiger partial charge in [-0.05, 0) is 45.3 Å². The molecule has 0 spiro atoms. The van der Waals surface area contributed by atoms with Crippen LogP contribution in [0.4, 0.5) is 0 Å². The first-order chi connectivity index (χ1) is 9.56. The maximum atomic E-state index is 3.97. The molecule has 2 aromatic rings. The molecule has 108 valence electrons. The molecular formula is C16H24N4. The fraction of sp³-hybridized carbons (Fsp3) is 0.438. The summed E-state index contributed by atoms with van der Waals surface area (Å²) in [7, 11) is 6.34. The van der Waals surface area contributed by atoms with E-state index in [2.05, 4.69) is 72.3 Å². The van der Waals surface area contributed by atoms with Crippen LogP contribution in [0, 0.1) is 0 Å². The van der Waals surface area contributed by atoms with Crippen LogP contribution in [0.5, 0.6) is 0 Å². The van der Waals surface area contributed by atoms with E-state index >= 15 is 0 Å². The van der Waals surface area contributed by atoms with E-state index in [1.807, 2.05) is 6.07 Å². The Balaban J connectivity index is 1.93. The molecule has 1 aromatic carbocycles. The van der Waals surface area contributed by atoms with Gasteiger partial charge in [0.25, 0.3) is 0 Å². The highest BCUT2D eigenvalue weighted by Crippen LogP contribution is 2.18. The van der Waals surface area contributed by atoms with Crippen molar-refractivity contribution in [2.24, 2.45) is 0 Å². The van der Waals surface area contributed by atoms with Crippen molar-refractivity contribution in [1.29, 1.82) is 0 Å². The number of nitrogens with one attached hydrogen (secondary N) is 1. The second kappa shape index (κ2) is 6.68. The average Bonchev–Trinajstić information content (AvgIpc) is 2.91. The minimum Gasteiger partial charge on any atom is -0.303 e. The van der Waals surface area contributed by atoms with Crippen LogP contribution in [0.2, 0.25) is 0 Å². The zero-order valence-electron chi connectivity index (χ0n) is 12.8. The number of aromatic nitrogens is 2. The number of nitrogens with zero attached hydrogens (tertiary/aromatic N) is 3. The van der Waals surface area contributed by atoms with Gasteiger partial charge in [-0.2, -0.15) is 5.10 Å².